The van der Waals surface area contributed by atoms with E-state index >= 15 is 0 Å². The van der Waals surface area contributed by atoms with Crippen molar-refractivity contribution in [3.63, 3.8) is 0 Å². The quantitative estimate of drug-likeness (QED) is 0.551. The summed E-state index contributed by atoms with van der Waals surface area (Å²) in [5.41, 5.74) is 11.2. The molecule has 8 heteroatoms. The molecule has 0 saturated carbocycles. The second kappa shape index (κ2) is 4.95. The third-order valence-electron chi connectivity index (χ3n) is 2.13. The van der Waals surface area contributed by atoms with Gasteiger partial charge in [-0.05, 0) is 12.1 Å². The van der Waals surface area contributed by atoms with Crippen LogP contribution >= 0.6 is 0 Å². The van der Waals surface area contributed by atoms with Crippen LogP contribution in [0.5, 0.6) is 0 Å². The molecule has 92 valence electrons. The van der Waals surface area contributed by atoms with Crippen LogP contribution in [0.15, 0.2) is 36.7 Å². The molecule has 0 bridgehead atoms. The highest BCUT2D eigenvalue weighted by Gasteiger charge is 2.20. The molecule has 0 atom stereocenters. The van der Waals surface area contributed by atoms with Crippen molar-refractivity contribution in [2.24, 2.45) is 0 Å². The maximum absolute atomic E-state index is 10.8. The van der Waals surface area contributed by atoms with Crippen LogP contribution in [0.4, 0.5) is 23.0 Å². The van der Waals surface area contributed by atoms with Gasteiger partial charge in [0.25, 0.3) is 0 Å². The normalized spacial score (nSPS) is 9.78. The number of nitro groups is 1. The highest BCUT2D eigenvalue weighted by atomic mass is 16.6. The average Bonchev–Trinajstić information content (AvgIpc) is 2.37. The average molecular weight is 246 g/mol. The Morgan fingerprint density at radius 2 is 1.89 bits per heavy atom. The van der Waals surface area contributed by atoms with Crippen molar-refractivity contribution in [2.45, 2.75) is 0 Å². The summed E-state index contributed by atoms with van der Waals surface area (Å²) < 4.78 is 0. The van der Waals surface area contributed by atoms with E-state index in [0.717, 1.165) is 12.0 Å². The molecule has 1 aromatic heterocycles. The van der Waals surface area contributed by atoms with E-state index in [1.165, 1.54) is 0 Å². The molecule has 0 aliphatic rings. The lowest BCUT2D eigenvalue weighted by Crippen LogP contribution is -2.13. The largest absolute Gasteiger partial charge is 0.378 e. The second-order valence-electron chi connectivity index (χ2n) is 3.33. The predicted octanol–water partition coefficient (Wildman–Crippen LogP) is 1.41. The highest BCUT2D eigenvalue weighted by Crippen LogP contribution is 2.26. The Morgan fingerprint density at radius 3 is 2.56 bits per heavy atom. The molecule has 18 heavy (non-hydrogen) atoms. The monoisotopic (exact) mass is 246 g/mol. The maximum Gasteiger partial charge on any atom is 0.354 e. The summed E-state index contributed by atoms with van der Waals surface area (Å²) in [6, 6.07) is 9.10. The van der Waals surface area contributed by atoms with Gasteiger partial charge >= 0.3 is 5.69 Å². The number of nitrogens with zero attached hydrogens (tertiary/aromatic N) is 3. The van der Waals surface area contributed by atoms with Crippen LogP contribution in [0.3, 0.4) is 0 Å². The molecule has 0 unspecified atom stereocenters. The summed E-state index contributed by atoms with van der Waals surface area (Å²) in [5.74, 6) is -0.177. The van der Waals surface area contributed by atoms with Crippen molar-refractivity contribution in [3.05, 3.63) is 46.8 Å². The van der Waals surface area contributed by atoms with Crippen LogP contribution in [0.25, 0.3) is 0 Å². The first-order valence-electron chi connectivity index (χ1n) is 5.00. The van der Waals surface area contributed by atoms with E-state index in [9.17, 15) is 10.1 Å². The number of anilines is 3. The first-order chi connectivity index (χ1) is 8.68. The number of hydrogen-bond acceptors (Lipinski definition) is 7. The van der Waals surface area contributed by atoms with E-state index in [2.05, 4.69) is 20.8 Å². The number of para-hydroxylation sites is 1. The van der Waals surface area contributed by atoms with Gasteiger partial charge in [0.1, 0.15) is 6.33 Å². The Labute approximate surface area is 102 Å². The van der Waals surface area contributed by atoms with Crippen molar-refractivity contribution in [2.75, 3.05) is 16.6 Å². The Hall–Kier alpha value is -2.90. The molecule has 0 aliphatic heterocycles. The maximum atomic E-state index is 10.8. The van der Waals surface area contributed by atoms with Crippen LogP contribution < -0.4 is 16.6 Å². The molecule has 0 amide bonds. The summed E-state index contributed by atoms with van der Waals surface area (Å²) in [7, 11) is 0. The van der Waals surface area contributed by atoms with Gasteiger partial charge in [0.05, 0.1) is 10.6 Å². The minimum Gasteiger partial charge on any atom is -0.378 e. The van der Waals surface area contributed by atoms with Gasteiger partial charge in [0.15, 0.2) is 0 Å². The Balaban J connectivity index is 2.20. The zero-order valence-corrected chi connectivity index (χ0v) is 9.20. The van der Waals surface area contributed by atoms with Gasteiger partial charge in [-0.15, -0.1) is 0 Å². The Bertz CT molecular complexity index is 560. The molecular formula is C10H10N6O2. The molecule has 8 nitrogen and oxygen atoms in total. The summed E-state index contributed by atoms with van der Waals surface area (Å²) in [5, 5.41) is 10.8. The van der Waals surface area contributed by atoms with Crippen LogP contribution in [0.2, 0.25) is 0 Å². The summed E-state index contributed by atoms with van der Waals surface area (Å²) >= 11 is 0. The number of benzene rings is 1. The fourth-order valence-electron chi connectivity index (χ4n) is 1.32. The highest BCUT2D eigenvalue weighted by molar-refractivity contribution is 5.68. The first-order valence-corrected chi connectivity index (χ1v) is 5.00. The molecule has 2 aromatic rings. The molecule has 2 rings (SSSR count). The first kappa shape index (κ1) is 11.6. The van der Waals surface area contributed by atoms with Crippen LogP contribution in [0, 0.1) is 10.1 Å². The van der Waals surface area contributed by atoms with E-state index in [-0.39, 0.29) is 17.3 Å². The van der Waals surface area contributed by atoms with Crippen LogP contribution in [0.1, 0.15) is 0 Å². The molecule has 0 radical (unpaired) electrons. The molecule has 0 spiro atoms. The third kappa shape index (κ3) is 2.43. The lowest BCUT2D eigenvalue weighted by Gasteiger charge is -2.09. The Kier molecular flexibility index (Phi) is 3.19. The standard InChI is InChI=1S/C10H10N6O2/c11-9-8(16(17)18)10(13-6-12-9)15-14-7-4-2-1-3-5-7/h1-6,14H,(H3,11,12,13,15). The predicted molar refractivity (Wildman–Crippen MR) is 66.8 cm³/mol. The molecule has 1 heterocycles. The van der Waals surface area contributed by atoms with Crippen molar-refractivity contribution in [3.8, 4) is 0 Å². The molecule has 1 aromatic carbocycles. The number of aromatic nitrogens is 2. The fourth-order valence-corrected chi connectivity index (χ4v) is 1.32. The number of nitrogen functional groups attached to an aromatic ring is 1. The zero-order valence-electron chi connectivity index (χ0n) is 9.20. The van der Waals surface area contributed by atoms with Gasteiger partial charge in [-0.1, -0.05) is 18.2 Å². The summed E-state index contributed by atoms with van der Waals surface area (Å²) in [6.45, 7) is 0. The molecular weight excluding hydrogens is 236 g/mol. The number of nitrogens with two attached hydrogens (primary N) is 1. The van der Waals surface area contributed by atoms with Gasteiger partial charge in [-0.2, -0.15) is 0 Å². The van der Waals surface area contributed by atoms with Gasteiger partial charge in [-0.25, -0.2) is 9.97 Å². The minimum absolute atomic E-state index is 0.0105. The molecule has 0 fully saturated rings. The topological polar surface area (TPSA) is 119 Å². The van der Waals surface area contributed by atoms with Gasteiger partial charge in [-0.3, -0.25) is 21.0 Å². The van der Waals surface area contributed by atoms with E-state index in [1.807, 2.05) is 18.2 Å². The van der Waals surface area contributed by atoms with Crippen LogP contribution in [-0.4, -0.2) is 14.9 Å². The number of hydrogen-bond donors (Lipinski definition) is 3. The molecule has 0 aliphatic carbocycles. The van der Waals surface area contributed by atoms with Gasteiger partial charge in [0, 0.05) is 0 Å². The number of rotatable bonds is 4. The van der Waals surface area contributed by atoms with Gasteiger partial charge in [0.2, 0.25) is 11.6 Å². The zero-order chi connectivity index (χ0) is 13.0. The SMILES string of the molecule is Nc1ncnc(NNc2ccccc2)c1[N+](=O)[O-]. The van der Waals surface area contributed by atoms with Crippen molar-refractivity contribution in [1.82, 2.24) is 9.97 Å². The summed E-state index contributed by atoms with van der Waals surface area (Å²) in [4.78, 5) is 17.5. The van der Waals surface area contributed by atoms with Crippen molar-refractivity contribution < 1.29 is 4.92 Å². The van der Waals surface area contributed by atoms with Crippen molar-refractivity contribution >= 4 is 23.0 Å². The van der Waals surface area contributed by atoms with E-state index in [0.29, 0.717) is 0 Å². The van der Waals surface area contributed by atoms with E-state index in [1.54, 1.807) is 12.1 Å². The minimum atomic E-state index is -0.635. The Morgan fingerprint density at radius 1 is 1.17 bits per heavy atom. The van der Waals surface area contributed by atoms with E-state index < -0.39 is 4.92 Å². The molecule has 4 N–H and O–H groups in total. The smallest absolute Gasteiger partial charge is 0.354 e. The lowest BCUT2D eigenvalue weighted by atomic mass is 10.3. The third-order valence-corrected chi connectivity index (χ3v) is 2.13. The van der Waals surface area contributed by atoms with Crippen molar-refractivity contribution in [1.29, 1.82) is 0 Å². The summed E-state index contributed by atoms with van der Waals surface area (Å²) in [6.07, 6.45) is 1.15. The number of nitrogens with one attached hydrogen (secondary N) is 2. The lowest BCUT2D eigenvalue weighted by molar-refractivity contribution is -0.383. The second-order valence-corrected chi connectivity index (χ2v) is 3.33. The fraction of sp³-hybridized carbons (Fsp3) is 0. The molecule has 0 saturated heterocycles. The number of hydrazine groups is 1. The van der Waals surface area contributed by atoms with E-state index in [4.69, 9.17) is 5.73 Å². The van der Waals surface area contributed by atoms with Gasteiger partial charge < -0.3 is 5.73 Å². The van der Waals surface area contributed by atoms with Crippen LogP contribution in [-0.2, 0) is 0 Å².